The molecule has 4 aliphatic rings. The van der Waals surface area contributed by atoms with E-state index in [0.29, 0.717) is 24.8 Å². The molecule has 0 spiro atoms. The van der Waals surface area contributed by atoms with Crippen molar-refractivity contribution in [2.75, 3.05) is 13.7 Å². The minimum absolute atomic E-state index is 0.0750. The van der Waals surface area contributed by atoms with Crippen molar-refractivity contribution in [2.45, 2.75) is 75.9 Å². The standard InChI is InChI=1S/C35H43N3O5/c1-35(19-28-21-36-30-11-7-6-10-29(28)30,38-34(41)43-32-26-15-22-14-23(17-26)18-27(32)16-22)33(40)37-20-25(12-13-31(39)42-2)24-8-4-3-5-9-24/h3-11,21-23,25-27,32,36H,12-20H2,1-2H3,(H,37,40)(H,38,41). The van der Waals surface area contributed by atoms with Gasteiger partial charge in [-0.3, -0.25) is 9.59 Å². The van der Waals surface area contributed by atoms with Gasteiger partial charge in [0.25, 0.3) is 0 Å². The third-order valence-corrected chi connectivity index (χ3v) is 10.2. The number of alkyl carbamates (subject to hydrolysis) is 1. The highest BCUT2D eigenvalue weighted by Crippen LogP contribution is 2.54. The number of rotatable bonds is 11. The largest absolute Gasteiger partial charge is 0.469 e. The van der Waals surface area contributed by atoms with Gasteiger partial charge in [-0.15, -0.1) is 0 Å². The van der Waals surface area contributed by atoms with Crippen LogP contribution in [0, 0.1) is 23.7 Å². The van der Waals surface area contributed by atoms with Crippen molar-refractivity contribution in [1.82, 2.24) is 15.6 Å². The van der Waals surface area contributed by atoms with E-state index in [-0.39, 0.29) is 36.7 Å². The SMILES string of the molecule is COC(=O)CCC(CNC(=O)C(C)(Cc1c[nH]c2ccccc12)NC(=O)OC1C2CC3CC(C2)CC1C3)c1ccccc1. The predicted octanol–water partition coefficient (Wildman–Crippen LogP) is 5.87. The third-order valence-electron chi connectivity index (χ3n) is 10.2. The lowest BCUT2D eigenvalue weighted by Gasteiger charge is -2.53. The molecule has 2 atom stereocenters. The molecule has 7 rings (SSSR count). The van der Waals surface area contributed by atoms with E-state index in [1.54, 1.807) is 6.92 Å². The second-order valence-electron chi connectivity index (χ2n) is 13.2. The molecular formula is C35H43N3O5. The Kier molecular flexibility index (Phi) is 8.46. The summed E-state index contributed by atoms with van der Waals surface area (Å²) in [6.45, 7) is 2.09. The van der Waals surface area contributed by atoms with E-state index >= 15 is 0 Å². The second kappa shape index (κ2) is 12.4. The molecule has 2 amide bonds. The molecule has 4 aliphatic carbocycles. The number of amides is 2. The maximum absolute atomic E-state index is 14.0. The van der Waals surface area contributed by atoms with Crippen LogP contribution < -0.4 is 10.6 Å². The van der Waals surface area contributed by atoms with Crippen LogP contribution in [0.4, 0.5) is 4.79 Å². The monoisotopic (exact) mass is 585 g/mol. The molecule has 3 aromatic rings. The number of aromatic amines is 1. The first kappa shape index (κ1) is 29.3. The van der Waals surface area contributed by atoms with E-state index in [4.69, 9.17) is 9.47 Å². The van der Waals surface area contributed by atoms with Gasteiger partial charge < -0.3 is 25.1 Å². The van der Waals surface area contributed by atoms with Crippen LogP contribution in [-0.2, 0) is 25.5 Å². The predicted molar refractivity (Wildman–Crippen MR) is 164 cm³/mol. The van der Waals surface area contributed by atoms with Crippen molar-refractivity contribution in [2.24, 2.45) is 23.7 Å². The Balaban J connectivity index is 1.19. The van der Waals surface area contributed by atoms with Gasteiger partial charge in [-0.25, -0.2) is 4.79 Å². The highest BCUT2D eigenvalue weighted by molar-refractivity contribution is 5.91. The van der Waals surface area contributed by atoms with E-state index in [2.05, 4.69) is 15.6 Å². The Bertz CT molecular complexity index is 1420. The molecule has 4 bridgehead atoms. The first-order valence-electron chi connectivity index (χ1n) is 15.7. The average Bonchev–Trinajstić information content (AvgIpc) is 3.41. The summed E-state index contributed by atoms with van der Waals surface area (Å²) in [6, 6.07) is 17.8. The zero-order valence-corrected chi connectivity index (χ0v) is 25.1. The topological polar surface area (TPSA) is 110 Å². The molecule has 3 N–H and O–H groups in total. The highest BCUT2D eigenvalue weighted by atomic mass is 16.6. The summed E-state index contributed by atoms with van der Waals surface area (Å²) in [5.74, 6) is 1.74. The van der Waals surface area contributed by atoms with Gasteiger partial charge in [-0.2, -0.15) is 0 Å². The lowest BCUT2D eigenvalue weighted by atomic mass is 9.55. The van der Waals surface area contributed by atoms with E-state index in [0.717, 1.165) is 59.5 Å². The van der Waals surface area contributed by atoms with Crippen LogP contribution in [0.1, 0.15) is 68.9 Å². The van der Waals surface area contributed by atoms with Gasteiger partial charge in [0.2, 0.25) is 5.91 Å². The van der Waals surface area contributed by atoms with Crippen LogP contribution in [0.2, 0.25) is 0 Å². The van der Waals surface area contributed by atoms with Gasteiger partial charge in [0.15, 0.2) is 0 Å². The molecule has 2 aromatic carbocycles. The van der Waals surface area contributed by atoms with Gasteiger partial charge in [-0.05, 0) is 86.3 Å². The number of ether oxygens (including phenoxy) is 2. The van der Waals surface area contributed by atoms with Gasteiger partial charge in [0.1, 0.15) is 11.6 Å². The molecule has 0 aliphatic heterocycles. The molecule has 1 heterocycles. The molecular weight excluding hydrogens is 542 g/mol. The van der Waals surface area contributed by atoms with Crippen LogP contribution in [-0.4, -0.2) is 48.3 Å². The van der Waals surface area contributed by atoms with Crippen LogP contribution in [0.5, 0.6) is 0 Å². The van der Waals surface area contributed by atoms with Crippen molar-refractivity contribution >= 4 is 28.9 Å². The number of fused-ring (bicyclic) bond motifs is 1. The average molecular weight is 586 g/mol. The third kappa shape index (κ3) is 6.43. The molecule has 1 aromatic heterocycles. The maximum atomic E-state index is 14.0. The maximum Gasteiger partial charge on any atom is 0.408 e. The van der Waals surface area contributed by atoms with Gasteiger partial charge in [-0.1, -0.05) is 48.5 Å². The molecule has 43 heavy (non-hydrogen) atoms. The van der Waals surface area contributed by atoms with Crippen molar-refractivity contribution in [3.8, 4) is 0 Å². The summed E-state index contributed by atoms with van der Waals surface area (Å²) >= 11 is 0. The Labute approximate surface area is 253 Å². The molecule has 228 valence electrons. The quantitative estimate of drug-likeness (QED) is 0.244. The van der Waals surface area contributed by atoms with Crippen LogP contribution in [0.25, 0.3) is 10.9 Å². The molecule has 4 fully saturated rings. The summed E-state index contributed by atoms with van der Waals surface area (Å²) in [6.07, 6.45) is 8.27. The van der Waals surface area contributed by atoms with Crippen molar-refractivity contribution < 1.29 is 23.9 Å². The molecule has 8 nitrogen and oxygen atoms in total. The smallest absolute Gasteiger partial charge is 0.408 e. The summed E-state index contributed by atoms with van der Waals surface area (Å²) in [4.78, 5) is 42.8. The number of carbonyl (C=O) groups is 3. The second-order valence-corrected chi connectivity index (χ2v) is 13.2. The summed E-state index contributed by atoms with van der Waals surface area (Å²) in [7, 11) is 1.38. The lowest BCUT2D eigenvalue weighted by Crippen LogP contribution is -2.60. The Morgan fingerprint density at radius 3 is 2.33 bits per heavy atom. The Morgan fingerprint density at radius 2 is 1.63 bits per heavy atom. The summed E-state index contributed by atoms with van der Waals surface area (Å²) in [5.41, 5.74) is 1.67. The first-order valence-corrected chi connectivity index (χ1v) is 15.7. The highest BCUT2D eigenvalue weighted by Gasteiger charge is 2.50. The van der Waals surface area contributed by atoms with E-state index in [9.17, 15) is 14.4 Å². The fourth-order valence-electron chi connectivity index (χ4n) is 8.20. The Hall–Kier alpha value is -3.81. The van der Waals surface area contributed by atoms with Gasteiger partial charge in [0.05, 0.1) is 7.11 Å². The molecule has 0 saturated heterocycles. The number of carbonyl (C=O) groups excluding carboxylic acids is 3. The van der Waals surface area contributed by atoms with Crippen LogP contribution in [0.15, 0.2) is 60.8 Å². The molecule has 8 heteroatoms. The number of aromatic nitrogens is 1. The van der Waals surface area contributed by atoms with Crippen LogP contribution in [0.3, 0.4) is 0 Å². The summed E-state index contributed by atoms with van der Waals surface area (Å²) < 4.78 is 11.0. The van der Waals surface area contributed by atoms with E-state index < -0.39 is 11.6 Å². The van der Waals surface area contributed by atoms with Crippen molar-refractivity contribution in [3.05, 3.63) is 71.9 Å². The van der Waals surface area contributed by atoms with Gasteiger partial charge >= 0.3 is 12.1 Å². The fraction of sp³-hybridized carbons (Fsp3) is 0.514. The van der Waals surface area contributed by atoms with Crippen molar-refractivity contribution in [1.29, 1.82) is 0 Å². The fourth-order valence-corrected chi connectivity index (χ4v) is 8.20. The minimum atomic E-state index is -1.27. The Morgan fingerprint density at radius 1 is 0.953 bits per heavy atom. The number of H-pyrrole nitrogens is 1. The zero-order chi connectivity index (χ0) is 30.0. The number of methoxy groups -OCH3 is 1. The molecule has 0 radical (unpaired) electrons. The van der Waals surface area contributed by atoms with E-state index in [1.807, 2.05) is 60.8 Å². The van der Waals surface area contributed by atoms with Gasteiger partial charge in [0, 0.05) is 42.4 Å². The number of benzene rings is 2. The molecule has 4 saturated carbocycles. The normalized spacial score (nSPS) is 26.0. The van der Waals surface area contributed by atoms with E-state index in [1.165, 1.54) is 13.5 Å². The number of hydrogen-bond acceptors (Lipinski definition) is 5. The summed E-state index contributed by atoms with van der Waals surface area (Å²) in [5, 5.41) is 7.14. The van der Waals surface area contributed by atoms with Crippen LogP contribution >= 0.6 is 0 Å². The number of nitrogens with one attached hydrogen (secondary N) is 3. The zero-order valence-electron chi connectivity index (χ0n) is 25.1. The molecule has 2 unspecified atom stereocenters. The number of esters is 1. The number of hydrogen-bond donors (Lipinski definition) is 3. The number of para-hydroxylation sites is 1. The van der Waals surface area contributed by atoms with Crippen molar-refractivity contribution in [3.63, 3.8) is 0 Å². The first-order chi connectivity index (χ1) is 20.8. The minimum Gasteiger partial charge on any atom is -0.469 e. The lowest BCUT2D eigenvalue weighted by molar-refractivity contribution is -0.140.